The number of rotatable bonds is 8. The van der Waals surface area contributed by atoms with Crippen molar-refractivity contribution in [3.8, 4) is 6.07 Å². The Hall–Kier alpha value is -1.63. The monoisotopic (exact) mass is 438 g/mol. The molecule has 3 aliphatic heterocycles. The van der Waals surface area contributed by atoms with E-state index >= 15 is 0 Å². The van der Waals surface area contributed by atoms with E-state index in [1.807, 2.05) is 24.0 Å². The molecule has 1 fully saturated rings. The van der Waals surface area contributed by atoms with E-state index in [0.717, 1.165) is 18.6 Å². The van der Waals surface area contributed by atoms with Crippen LogP contribution in [0.3, 0.4) is 0 Å². The van der Waals surface area contributed by atoms with Crippen LogP contribution in [0.1, 0.15) is 26.7 Å². The van der Waals surface area contributed by atoms with Crippen LogP contribution >= 0.6 is 23.5 Å². The van der Waals surface area contributed by atoms with Gasteiger partial charge >= 0.3 is 11.9 Å². The van der Waals surface area contributed by atoms with Crippen LogP contribution in [-0.2, 0) is 23.8 Å². The molecule has 5 unspecified atom stereocenters. The highest BCUT2D eigenvalue weighted by atomic mass is 32.2. The molecular weight excluding hydrogens is 412 g/mol. The van der Waals surface area contributed by atoms with Crippen molar-refractivity contribution in [2.75, 3.05) is 26.6 Å². The van der Waals surface area contributed by atoms with Crippen LogP contribution in [0.5, 0.6) is 0 Å². The highest BCUT2D eigenvalue weighted by molar-refractivity contribution is 8.23. The third-order valence-corrected chi connectivity index (χ3v) is 8.27. The fourth-order valence-electron chi connectivity index (χ4n) is 4.34. The summed E-state index contributed by atoms with van der Waals surface area (Å²) < 4.78 is 16.0. The number of nitrogens with zero attached hydrogens (tertiary/aromatic N) is 2. The fraction of sp³-hybridized carbons (Fsp3) is 0.650. The van der Waals surface area contributed by atoms with Crippen molar-refractivity contribution in [1.29, 1.82) is 5.26 Å². The van der Waals surface area contributed by atoms with E-state index in [1.165, 1.54) is 37.7 Å². The van der Waals surface area contributed by atoms with Gasteiger partial charge in [-0.15, -0.1) is 11.8 Å². The van der Waals surface area contributed by atoms with Crippen molar-refractivity contribution in [3.05, 3.63) is 22.1 Å². The maximum Gasteiger partial charge on any atom is 0.325 e. The van der Waals surface area contributed by atoms with E-state index in [1.54, 1.807) is 0 Å². The number of piperidine rings is 1. The maximum atomic E-state index is 13.2. The molecule has 5 atom stereocenters. The van der Waals surface area contributed by atoms with Gasteiger partial charge in [0.2, 0.25) is 0 Å². The zero-order valence-corrected chi connectivity index (χ0v) is 18.7. The van der Waals surface area contributed by atoms with E-state index < -0.39 is 40.8 Å². The summed E-state index contributed by atoms with van der Waals surface area (Å²) >= 11 is 2.75. The Morgan fingerprint density at radius 1 is 1.31 bits per heavy atom. The molecular formula is C20H26N2O5S2. The lowest BCUT2D eigenvalue weighted by molar-refractivity contribution is -0.181. The summed E-state index contributed by atoms with van der Waals surface area (Å²) in [6.07, 6.45) is 5.15. The van der Waals surface area contributed by atoms with Gasteiger partial charge in [0.15, 0.2) is 4.75 Å². The molecule has 4 bridgehead atoms. The minimum atomic E-state index is -1.22. The van der Waals surface area contributed by atoms with Crippen LogP contribution in [0.15, 0.2) is 22.1 Å². The second kappa shape index (κ2) is 9.02. The molecule has 0 saturated carbocycles. The Balaban J connectivity index is 2.20. The van der Waals surface area contributed by atoms with Gasteiger partial charge in [0, 0.05) is 12.5 Å². The molecule has 0 N–H and O–H groups in total. The largest absolute Gasteiger partial charge is 0.469 e. The van der Waals surface area contributed by atoms with Crippen LogP contribution in [0.4, 0.5) is 0 Å². The van der Waals surface area contributed by atoms with Crippen LogP contribution in [0, 0.1) is 23.2 Å². The number of thioether (sulfide) groups is 2. The third kappa shape index (κ3) is 3.35. The number of esters is 2. The van der Waals surface area contributed by atoms with E-state index in [0.29, 0.717) is 16.5 Å². The molecule has 3 heterocycles. The van der Waals surface area contributed by atoms with Crippen molar-refractivity contribution in [3.63, 3.8) is 0 Å². The molecule has 1 saturated heterocycles. The Bertz CT molecular complexity index is 777. The van der Waals surface area contributed by atoms with E-state index in [-0.39, 0.29) is 0 Å². The molecule has 0 radical (unpaired) electrons. The lowest BCUT2D eigenvalue weighted by Crippen LogP contribution is -2.74. The molecule has 0 amide bonds. The van der Waals surface area contributed by atoms with Gasteiger partial charge in [-0.3, -0.25) is 9.59 Å². The summed E-state index contributed by atoms with van der Waals surface area (Å²) in [5.41, 5.74) is 0.491. The first-order valence-electron chi connectivity index (χ1n) is 9.72. The molecule has 1 aliphatic carbocycles. The standard InChI is InChI=1S/C20H26N2O5S2/c1-5-7-10-27-16-12-8-9-14-20(19(24)26-4,15(12)17(23)25-3)29-18(28-6-2)13(11-21)22(14)16/h8-9,12,14-16H,5-7,10H2,1-4H3. The first-order valence-corrected chi connectivity index (χ1v) is 11.5. The van der Waals surface area contributed by atoms with Gasteiger partial charge in [-0.25, -0.2) is 0 Å². The number of ether oxygens (including phenoxy) is 3. The van der Waals surface area contributed by atoms with E-state index in [4.69, 9.17) is 14.2 Å². The number of unbranched alkanes of at least 4 members (excludes halogenated alkanes) is 1. The van der Waals surface area contributed by atoms with Gasteiger partial charge in [-0.2, -0.15) is 5.26 Å². The number of methoxy groups -OCH3 is 2. The van der Waals surface area contributed by atoms with Gasteiger partial charge < -0.3 is 19.1 Å². The quantitative estimate of drug-likeness (QED) is 0.322. The molecule has 9 heteroatoms. The SMILES string of the molecule is CCCCOC1C2C=CC3N1C(C#N)=C(SCC)SC3(C(=O)OC)C2C(=O)OC. The number of nitriles is 1. The van der Waals surface area contributed by atoms with Crippen molar-refractivity contribution in [2.45, 2.75) is 43.7 Å². The zero-order valence-electron chi connectivity index (χ0n) is 17.0. The predicted molar refractivity (Wildman–Crippen MR) is 112 cm³/mol. The predicted octanol–water partition coefficient (Wildman–Crippen LogP) is 2.89. The molecule has 4 aliphatic rings. The van der Waals surface area contributed by atoms with Gasteiger partial charge in [0.1, 0.15) is 18.0 Å². The van der Waals surface area contributed by atoms with Crippen LogP contribution in [0.25, 0.3) is 0 Å². The molecule has 29 heavy (non-hydrogen) atoms. The number of carbonyl (C=O) groups excluding carboxylic acids is 2. The highest BCUT2D eigenvalue weighted by Crippen LogP contribution is 2.61. The van der Waals surface area contributed by atoms with Gasteiger partial charge in [0.05, 0.1) is 30.4 Å². The number of hydrogen-bond acceptors (Lipinski definition) is 9. The van der Waals surface area contributed by atoms with Crippen molar-refractivity contribution >= 4 is 35.5 Å². The number of carbonyl (C=O) groups is 2. The summed E-state index contributed by atoms with van der Waals surface area (Å²) in [5, 5.41) is 9.95. The number of allylic oxidation sites excluding steroid dienone is 1. The first kappa shape index (κ1) is 22.1. The molecule has 158 valence electrons. The summed E-state index contributed by atoms with van der Waals surface area (Å²) in [4.78, 5) is 28.0. The molecule has 0 aromatic heterocycles. The average molecular weight is 439 g/mol. The third-order valence-electron chi connectivity index (χ3n) is 5.55. The normalized spacial score (nSPS) is 32.2. The minimum absolute atomic E-state index is 0.424. The second-order valence-corrected chi connectivity index (χ2v) is 9.82. The first-order chi connectivity index (χ1) is 14.0. The summed E-state index contributed by atoms with van der Waals surface area (Å²) in [6, 6.07) is 1.78. The minimum Gasteiger partial charge on any atom is -0.469 e. The fourth-order valence-corrected chi connectivity index (χ4v) is 7.31. The highest BCUT2D eigenvalue weighted by Gasteiger charge is 2.70. The molecule has 7 nitrogen and oxygen atoms in total. The van der Waals surface area contributed by atoms with Gasteiger partial charge in [-0.1, -0.05) is 44.2 Å². The zero-order chi connectivity index (χ0) is 21.2. The van der Waals surface area contributed by atoms with Crippen molar-refractivity contribution < 1.29 is 23.8 Å². The summed E-state index contributed by atoms with van der Waals surface area (Å²) in [7, 11) is 2.66. The molecule has 0 aromatic carbocycles. The number of hydrogen-bond donors (Lipinski definition) is 0. The Labute approximate surface area is 179 Å². The van der Waals surface area contributed by atoms with Crippen LogP contribution in [0.2, 0.25) is 0 Å². The lowest BCUT2D eigenvalue weighted by atomic mass is 9.66. The Morgan fingerprint density at radius 2 is 2.07 bits per heavy atom. The summed E-state index contributed by atoms with van der Waals surface area (Å²) in [5.74, 6) is -1.41. The second-order valence-electron chi connectivity index (χ2n) is 7.00. The van der Waals surface area contributed by atoms with E-state index in [2.05, 4.69) is 13.0 Å². The van der Waals surface area contributed by atoms with Crippen LogP contribution in [-0.4, -0.2) is 60.4 Å². The topological polar surface area (TPSA) is 88.9 Å². The van der Waals surface area contributed by atoms with Gasteiger partial charge in [-0.05, 0) is 12.2 Å². The van der Waals surface area contributed by atoms with Crippen molar-refractivity contribution in [1.82, 2.24) is 4.90 Å². The van der Waals surface area contributed by atoms with E-state index in [9.17, 15) is 14.9 Å². The smallest absolute Gasteiger partial charge is 0.325 e. The molecule has 0 aromatic rings. The summed E-state index contributed by atoms with van der Waals surface area (Å²) in [6.45, 7) is 4.57. The van der Waals surface area contributed by atoms with Gasteiger partial charge in [0.25, 0.3) is 0 Å². The molecule has 0 spiro atoms. The Morgan fingerprint density at radius 3 is 2.66 bits per heavy atom. The molecule has 4 rings (SSSR count). The average Bonchev–Trinajstić information content (AvgIpc) is 2.74. The van der Waals surface area contributed by atoms with Crippen molar-refractivity contribution in [2.24, 2.45) is 11.8 Å². The Kier molecular flexibility index (Phi) is 6.87. The van der Waals surface area contributed by atoms with Crippen LogP contribution < -0.4 is 0 Å². The maximum absolute atomic E-state index is 13.2. The lowest BCUT2D eigenvalue weighted by Gasteiger charge is -2.61.